The third-order valence-electron chi connectivity index (χ3n) is 4.64. The van der Waals surface area contributed by atoms with Crippen molar-refractivity contribution in [3.8, 4) is 5.69 Å². The third-order valence-corrected chi connectivity index (χ3v) is 7.52. The second kappa shape index (κ2) is 7.71. The van der Waals surface area contributed by atoms with E-state index in [1.807, 2.05) is 0 Å². The normalized spacial score (nSPS) is 19.3. The van der Waals surface area contributed by atoms with Gasteiger partial charge in [-0.25, -0.2) is 27.5 Å². The Hall–Kier alpha value is -2.53. The van der Waals surface area contributed by atoms with E-state index in [4.69, 9.17) is 0 Å². The van der Waals surface area contributed by atoms with E-state index >= 15 is 0 Å². The van der Waals surface area contributed by atoms with E-state index < -0.39 is 15.1 Å². The van der Waals surface area contributed by atoms with Gasteiger partial charge in [-0.3, -0.25) is 4.79 Å². The molecule has 1 aliphatic rings. The molecule has 11 heteroatoms. The largest absolute Gasteiger partial charge is 0.351 e. The first-order chi connectivity index (χ1) is 13.8. The van der Waals surface area contributed by atoms with Crippen molar-refractivity contribution in [2.75, 3.05) is 11.5 Å². The molecule has 29 heavy (non-hydrogen) atoms. The second-order valence-corrected chi connectivity index (χ2v) is 10.4. The molecule has 0 unspecified atom stereocenters. The van der Waals surface area contributed by atoms with Gasteiger partial charge in [0.05, 0.1) is 34.0 Å². The van der Waals surface area contributed by atoms with Crippen LogP contribution >= 0.6 is 11.8 Å². The predicted octanol–water partition coefficient (Wildman–Crippen LogP) is 1.74. The summed E-state index contributed by atoms with van der Waals surface area (Å²) >= 11 is 1.25. The summed E-state index contributed by atoms with van der Waals surface area (Å²) in [6.07, 6.45) is 3.43. The molecule has 1 fully saturated rings. The van der Waals surface area contributed by atoms with Crippen molar-refractivity contribution < 1.29 is 17.6 Å². The molecule has 2 atom stereocenters. The number of halogens is 1. The molecule has 0 bridgehead atoms. The summed E-state index contributed by atoms with van der Waals surface area (Å²) < 4.78 is 37.9. The lowest BCUT2D eigenvalue weighted by Gasteiger charge is -2.15. The number of rotatable bonds is 5. The van der Waals surface area contributed by atoms with Crippen LogP contribution in [0.5, 0.6) is 0 Å². The van der Waals surface area contributed by atoms with Gasteiger partial charge in [0.25, 0.3) is 0 Å². The molecule has 8 nitrogen and oxygen atoms in total. The Labute approximate surface area is 170 Å². The molecule has 0 aliphatic carbocycles. The summed E-state index contributed by atoms with van der Waals surface area (Å²) in [4.78, 5) is 21.0. The Kier molecular flexibility index (Phi) is 5.26. The van der Waals surface area contributed by atoms with Gasteiger partial charge in [-0.1, -0.05) is 11.8 Å². The molecule has 0 saturated carbocycles. The Morgan fingerprint density at radius 2 is 2.07 bits per heavy atom. The van der Waals surface area contributed by atoms with Crippen LogP contribution in [-0.4, -0.2) is 56.9 Å². The van der Waals surface area contributed by atoms with E-state index in [0.29, 0.717) is 28.2 Å². The van der Waals surface area contributed by atoms with Crippen molar-refractivity contribution >= 4 is 38.5 Å². The van der Waals surface area contributed by atoms with Crippen LogP contribution < -0.4 is 5.32 Å². The van der Waals surface area contributed by atoms with Crippen molar-refractivity contribution in [1.29, 1.82) is 0 Å². The monoisotopic (exact) mass is 435 g/mol. The molecule has 3 aromatic rings. The number of carbonyl (C=O) groups excluding carboxylic acids is 1. The Morgan fingerprint density at radius 1 is 1.31 bits per heavy atom. The average Bonchev–Trinajstić information content (AvgIpc) is 3.26. The number of aromatic nitrogens is 4. The molecule has 1 aromatic carbocycles. The zero-order valence-corrected chi connectivity index (χ0v) is 17.1. The molecule has 1 amide bonds. The molecule has 152 valence electrons. The molecule has 1 saturated heterocycles. The lowest BCUT2D eigenvalue weighted by atomic mass is 10.2. The maximum Gasteiger partial charge on any atom is 0.233 e. The number of benzene rings is 1. The van der Waals surface area contributed by atoms with Crippen molar-refractivity contribution in [3.05, 3.63) is 42.6 Å². The van der Waals surface area contributed by atoms with E-state index in [2.05, 4.69) is 20.4 Å². The predicted molar refractivity (Wildman–Crippen MR) is 107 cm³/mol. The van der Waals surface area contributed by atoms with E-state index in [-0.39, 0.29) is 29.3 Å². The number of nitrogens with zero attached hydrogens (tertiary/aromatic N) is 4. The highest BCUT2D eigenvalue weighted by atomic mass is 32.2. The van der Waals surface area contributed by atoms with E-state index in [0.717, 1.165) is 0 Å². The van der Waals surface area contributed by atoms with Gasteiger partial charge in [0.2, 0.25) is 5.91 Å². The molecule has 0 spiro atoms. The number of sulfone groups is 1. The number of fused-ring (bicyclic) bond motifs is 1. The number of carbonyl (C=O) groups is 1. The van der Waals surface area contributed by atoms with Gasteiger partial charge in [-0.2, -0.15) is 5.10 Å². The highest BCUT2D eigenvalue weighted by Gasteiger charge is 2.30. The van der Waals surface area contributed by atoms with Crippen LogP contribution in [0.3, 0.4) is 0 Å². The first-order valence-corrected chi connectivity index (χ1v) is 11.6. The summed E-state index contributed by atoms with van der Waals surface area (Å²) in [5.41, 5.74) is 1.20. The summed E-state index contributed by atoms with van der Waals surface area (Å²) in [5.74, 6) is -0.492. The minimum absolute atomic E-state index is 0.0156. The fourth-order valence-electron chi connectivity index (χ4n) is 3.14. The number of hydrogen-bond acceptors (Lipinski definition) is 7. The standard InChI is InChI=1S/C18H18FN5O3S2/c1-11(17(25)23-13-6-7-29(26,27)9-13)28-18-15-8-22-24(16(15)20-10-21-18)14-4-2-12(19)3-5-14/h2-5,8,10-11,13H,6-7,9H2,1H3,(H,23,25)/t11-,13+/m0/s1. The average molecular weight is 436 g/mol. The van der Waals surface area contributed by atoms with Crippen LogP contribution in [0.4, 0.5) is 4.39 Å². The Balaban J connectivity index is 1.52. The number of hydrogen-bond donors (Lipinski definition) is 1. The SMILES string of the molecule is C[C@H](Sc1ncnc2c1cnn2-c1ccc(F)cc1)C(=O)N[C@@H]1CCS(=O)(=O)C1. The van der Waals surface area contributed by atoms with Crippen LogP contribution in [0, 0.1) is 5.82 Å². The first kappa shape index (κ1) is 19.8. The summed E-state index contributed by atoms with van der Waals surface area (Å²) in [6.45, 7) is 1.74. The first-order valence-electron chi connectivity index (χ1n) is 8.94. The van der Waals surface area contributed by atoms with Gasteiger partial charge in [-0.15, -0.1) is 0 Å². The maximum absolute atomic E-state index is 13.2. The minimum atomic E-state index is -3.06. The fraction of sp³-hybridized carbons (Fsp3) is 0.333. The number of nitrogens with one attached hydrogen (secondary N) is 1. The van der Waals surface area contributed by atoms with Gasteiger partial charge in [0, 0.05) is 6.04 Å². The molecule has 3 heterocycles. The summed E-state index contributed by atoms with van der Waals surface area (Å²) in [5, 5.41) is 7.90. The number of thioether (sulfide) groups is 1. The van der Waals surface area contributed by atoms with Crippen molar-refractivity contribution in [2.24, 2.45) is 0 Å². The van der Waals surface area contributed by atoms with Crippen molar-refractivity contribution in [1.82, 2.24) is 25.1 Å². The smallest absolute Gasteiger partial charge is 0.233 e. The second-order valence-electron chi connectivity index (χ2n) is 6.82. The van der Waals surface area contributed by atoms with Gasteiger partial charge in [-0.05, 0) is 37.6 Å². The van der Waals surface area contributed by atoms with Crippen LogP contribution in [0.2, 0.25) is 0 Å². The lowest BCUT2D eigenvalue weighted by Crippen LogP contribution is -2.39. The minimum Gasteiger partial charge on any atom is -0.351 e. The molecule has 1 N–H and O–H groups in total. The highest BCUT2D eigenvalue weighted by molar-refractivity contribution is 8.00. The van der Waals surface area contributed by atoms with Gasteiger partial charge in [0.1, 0.15) is 17.2 Å². The van der Waals surface area contributed by atoms with Crippen LogP contribution in [0.1, 0.15) is 13.3 Å². The van der Waals surface area contributed by atoms with Crippen LogP contribution in [0.25, 0.3) is 16.7 Å². The van der Waals surface area contributed by atoms with Crippen molar-refractivity contribution in [2.45, 2.75) is 29.7 Å². The zero-order chi connectivity index (χ0) is 20.6. The van der Waals surface area contributed by atoms with Crippen LogP contribution in [0.15, 0.2) is 41.8 Å². The van der Waals surface area contributed by atoms with Gasteiger partial charge < -0.3 is 5.32 Å². The van der Waals surface area contributed by atoms with Crippen LogP contribution in [-0.2, 0) is 14.6 Å². The Bertz CT molecular complexity index is 1160. The van der Waals surface area contributed by atoms with Gasteiger partial charge >= 0.3 is 0 Å². The quantitative estimate of drug-likeness (QED) is 0.480. The lowest BCUT2D eigenvalue weighted by molar-refractivity contribution is -0.120. The van der Waals surface area contributed by atoms with E-state index in [9.17, 15) is 17.6 Å². The molecular weight excluding hydrogens is 417 g/mol. The number of amides is 1. The highest BCUT2D eigenvalue weighted by Crippen LogP contribution is 2.29. The maximum atomic E-state index is 13.2. The zero-order valence-electron chi connectivity index (χ0n) is 15.4. The fourth-order valence-corrected chi connectivity index (χ4v) is 5.70. The van der Waals surface area contributed by atoms with Crippen molar-refractivity contribution in [3.63, 3.8) is 0 Å². The summed E-state index contributed by atoms with van der Waals surface area (Å²) in [6, 6.07) is 5.54. The molecule has 1 aliphatic heterocycles. The Morgan fingerprint density at radius 3 is 2.76 bits per heavy atom. The summed E-state index contributed by atoms with van der Waals surface area (Å²) in [7, 11) is -3.06. The molecular formula is C18H18FN5O3S2. The third kappa shape index (κ3) is 4.25. The molecule has 4 rings (SSSR count). The topological polar surface area (TPSA) is 107 Å². The molecule has 0 radical (unpaired) electrons. The van der Waals surface area contributed by atoms with Gasteiger partial charge in [0.15, 0.2) is 15.5 Å². The van der Waals surface area contributed by atoms with E-state index in [1.165, 1.54) is 30.2 Å². The van der Waals surface area contributed by atoms with E-state index in [1.54, 1.807) is 29.9 Å². The molecule has 2 aromatic heterocycles.